The van der Waals surface area contributed by atoms with E-state index in [1.807, 2.05) is 36.7 Å². The number of Topliss-reactive ketones (excluding diaryl/α,β-unsaturated/α-hetero) is 1. The van der Waals surface area contributed by atoms with Crippen LogP contribution in [0.2, 0.25) is 0 Å². The largest absolute Gasteiger partial charge is 0.508 e. The van der Waals surface area contributed by atoms with Crippen molar-refractivity contribution in [3.8, 4) is 5.75 Å². The van der Waals surface area contributed by atoms with Crippen LogP contribution in [-0.4, -0.2) is 20.4 Å². The molecule has 2 aromatic carbocycles. The van der Waals surface area contributed by atoms with Crippen LogP contribution in [-0.2, 0) is 24.2 Å². The lowest BCUT2D eigenvalue weighted by atomic mass is 9.97. The minimum Gasteiger partial charge on any atom is -0.508 e. The summed E-state index contributed by atoms with van der Waals surface area (Å²) >= 11 is 0. The zero-order valence-corrected chi connectivity index (χ0v) is 15.3. The first kappa shape index (κ1) is 17.5. The molecule has 0 amide bonds. The van der Waals surface area contributed by atoms with Gasteiger partial charge < -0.3 is 9.67 Å². The van der Waals surface area contributed by atoms with E-state index in [9.17, 15) is 9.90 Å². The van der Waals surface area contributed by atoms with Crippen LogP contribution in [0.4, 0.5) is 0 Å². The number of phenolic OH excluding ortho intramolecular Hbond substituents is 1. The molecule has 0 saturated heterocycles. The van der Waals surface area contributed by atoms with Gasteiger partial charge in [0, 0.05) is 31.0 Å². The van der Waals surface area contributed by atoms with Crippen molar-refractivity contribution in [3.63, 3.8) is 0 Å². The molecule has 4 rings (SSSR count). The van der Waals surface area contributed by atoms with E-state index >= 15 is 0 Å². The van der Waals surface area contributed by atoms with Gasteiger partial charge in [0.2, 0.25) is 0 Å². The second-order valence-electron chi connectivity index (χ2n) is 7.36. The topological polar surface area (TPSA) is 55.1 Å². The van der Waals surface area contributed by atoms with Crippen LogP contribution in [0.15, 0.2) is 60.9 Å². The predicted octanol–water partition coefficient (Wildman–Crippen LogP) is 4.14. The zero-order valence-electron chi connectivity index (χ0n) is 15.3. The molecule has 1 fully saturated rings. The Hall–Kier alpha value is -2.88. The Kier molecular flexibility index (Phi) is 5.05. The van der Waals surface area contributed by atoms with Gasteiger partial charge in [-0.3, -0.25) is 4.79 Å². The Bertz CT molecular complexity index is 931. The van der Waals surface area contributed by atoms with E-state index < -0.39 is 0 Å². The molecule has 138 valence electrons. The number of aromatic nitrogens is 2. The highest BCUT2D eigenvalue weighted by Crippen LogP contribution is 2.27. The molecule has 1 aromatic heterocycles. The summed E-state index contributed by atoms with van der Waals surface area (Å²) in [7, 11) is 0. The molecule has 0 bridgehead atoms. The first-order valence-corrected chi connectivity index (χ1v) is 9.56. The maximum Gasteiger partial charge on any atom is 0.136 e. The highest BCUT2D eigenvalue weighted by atomic mass is 16.3. The number of hydrogen-bond donors (Lipinski definition) is 1. The molecule has 0 radical (unpaired) electrons. The molecule has 1 aliphatic carbocycles. The fraction of sp³-hybridized carbons (Fsp3) is 0.304. The minimum atomic E-state index is 0.110. The van der Waals surface area contributed by atoms with Gasteiger partial charge in [-0.15, -0.1) is 0 Å². The van der Waals surface area contributed by atoms with Crippen molar-refractivity contribution in [1.29, 1.82) is 0 Å². The SMILES string of the molecule is O=C1CCCC1Cc1c(Cc2ccccc2)ncn1Cc1cccc(O)c1. The highest BCUT2D eigenvalue weighted by molar-refractivity contribution is 5.83. The fourth-order valence-corrected chi connectivity index (χ4v) is 3.95. The van der Waals surface area contributed by atoms with Crippen molar-refractivity contribution in [2.45, 2.75) is 38.6 Å². The lowest BCUT2D eigenvalue weighted by Crippen LogP contribution is -2.15. The van der Waals surface area contributed by atoms with Crippen molar-refractivity contribution in [1.82, 2.24) is 9.55 Å². The molecule has 1 saturated carbocycles. The smallest absolute Gasteiger partial charge is 0.136 e. The summed E-state index contributed by atoms with van der Waals surface area (Å²) in [6.07, 6.45) is 6.07. The van der Waals surface area contributed by atoms with E-state index in [1.165, 1.54) is 5.56 Å². The average molecular weight is 360 g/mol. The number of rotatable bonds is 6. The summed E-state index contributed by atoms with van der Waals surface area (Å²) in [5.41, 5.74) is 4.43. The minimum absolute atomic E-state index is 0.110. The average Bonchev–Trinajstić information content (AvgIpc) is 3.24. The lowest BCUT2D eigenvalue weighted by Gasteiger charge is -2.14. The van der Waals surface area contributed by atoms with Crippen LogP contribution >= 0.6 is 0 Å². The van der Waals surface area contributed by atoms with Gasteiger partial charge in [-0.2, -0.15) is 0 Å². The molecule has 27 heavy (non-hydrogen) atoms. The first-order chi connectivity index (χ1) is 13.2. The monoisotopic (exact) mass is 360 g/mol. The lowest BCUT2D eigenvalue weighted by molar-refractivity contribution is -0.120. The van der Waals surface area contributed by atoms with Crippen molar-refractivity contribution < 1.29 is 9.90 Å². The number of ketones is 1. The number of carbonyl (C=O) groups is 1. The molecule has 4 nitrogen and oxygen atoms in total. The Morgan fingerprint density at radius 2 is 1.89 bits per heavy atom. The quantitative estimate of drug-likeness (QED) is 0.719. The molecule has 1 aliphatic rings. The molecule has 1 N–H and O–H groups in total. The van der Waals surface area contributed by atoms with Crippen LogP contribution in [0.1, 0.15) is 41.8 Å². The Labute approximate surface area is 159 Å². The Morgan fingerprint density at radius 3 is 2.63 bits per heavy atom. The van der Waals surface area contributed by atoms with Gasteiger partial charge >= 0.3 is 0 Å². The molecular weight excluding hydrogens is 336 g/mol. The second kappa shape index (κ2) is 7.78. The van der Waals surface area contributed by atoms with Crippen molar-refractivity contribution in [2.24, 2.45) is 5.92 Å². The maximum absolute atomic E-state index is 12.2. The Balaban J connectivity index is 1.64. The predicted molar refractivity (Wildman–Crippen MR) is 105 cm³/mol. The standard InChI is InChI=1S/C23H24N2O2/c26-20-10-4-8-18(12-20)15-25-16-24-21(13-17-6-2-1-3-7-17)22(25)14-19-9-5-11-23(19)27/h1-4,6-8,10,12,16,19,26H,5,9,11,13-15H2. The summed E-state index contributed by atoms with van der Waals surface area (Å²) in [5.74, 6) is 0.759. The summed E-state index contributed by atoms with van der Waals surface area (Å²) in [5, 5.41) is 9.76. The number of hydrogen-bond acceptors (Lipinski definition) is 3. The number of aromatic hydroxyl groups is 1. The second-order valence-corrected chi connectivity index (χ2v) is 7.36. The number of carbonyl (C=O) groups excluding carboxylic acids is 1. The molecule has 1 atom stereocenters. The molecule has 4 heteroatoms. The third-order valence-corrected chi connectivity index (χ3v) is 5.38. The fourth-order valence-electron chi connectivity index (χ4n) is 3.95. The van der Waals surface area contributed by atoms with Gasteiger partial charge in [-0.05, 0) is 42.5 Å². The van der Waals surface area contributed by atoms with Crippen molar-refractivity contribution >= 4 is 5.78 Å². The molecule has 3 aromatic rings. The van der Waals surface area contributed by atoms with Crippen LogP contribution in [0.3, 0.4) is 0 Å². The van der Waals surface area contributed by atoms with Crippen molar-refractivity contribution in [2.75, 3.05) is 0 Å². The normalized spacial score (nSPS) is 16.7. The van der Waals surface area contributed by atoms with Crippen LogP contribution in [0, 0.1) is 5.92 Å². The van der Waals surface area contributed by atoms with Crippen LogP contribution < -0.4 is 0 Å². The third-order valence-electron chi connectivity index (χ3n) is 5.38. The summed E-state index contributed by atoms with van der Waals surface area (Å²) in [6, 6.07) is 17.6. The van der Waals surface area contributed by atoms with E-state index in [0.29, 0.717) is 18.7 Å². The maximum atomic E-state index is 12.2. The van der Waals surface area contributed by atoms with E-state index in [-0.39, 0.29) is 11.7 Å². The Morgan fingerprint density at radius 1 is 1.07 bits per heavy atom. The number of imidazole rings is 1. The van der Waals surface area contributed by atoms with Crippen molar-refractivity contribution in [3.05, 3.63) is 83.4 Å². The van der Waals surface area contributed by atoms with E-state index in [2.05, 4.69) is 21.7 Å². The summed E-state index contributed by atoms with van der Waals surface area (Å²) in [6.45, 7) is 0.645. The first-order valence-electron chi connectivity index (χ1n) is 9.56. The van der Waals surface area contributed by atoms with Gasteiger partial charge in [0.15, 0.2) is 0 Å². The van der Waals surface area contributed by atoms with Crippen LogP contribution in [0.25, 0.3) is 0 Å². The van der Waals surface area contributed by atoms with Gasteiger partial charge in [0.25, 0.3) is 0 Å². The van der Waals surface area contributed by atoms with E-state index in [1.54, 1.807) is 12.1 Å². The summed E-state index contributed by atoms with van der Waals surface area (Å²) < 4.78 is 2.14. The number of benzene rings is 2. The molecule has 0 aliphatic heterocycles. The molecular formula is C23H24N2O2. The highest BCUT2D eigenvalue weighted by Gasteiger charge is 2.27. The van der Waals surface area contributed by atoms with E-state index in [0.717, 1.165) is 42.6 Å². The molecule has 1 unspecified atom stereocenters. The van der Waals surface area contributed by atoms with Crippen LogP contribution in [0.5, 0.6) is 5.75 Å². The van der Waals surface area contributed by atoms with Gasteiger partial charge in [-0.1, -0.05) is 42.5 Å². The van der Waals surface area contributed by atoms with Gasteiger partial charge in [0.05, 0.1) is 12.0 Å². The molecule has 1 heterocycles. The van der Waals surface area contributed by atoms with Gasteiger partial charge in [-0.25, -0.2) is 4.98 Å². The third kappa shape index (κ3) is 4.11. The zero-order chi connectivity index (χ0) is 18.6. The number of phenols is 1. The number of nitrogens with zero attached hydrogens (tertiary/aromatic N) is 2. The molecule has 0 spiro atoms. The van der Waals surface area contributed by atoms with Gasteiger partial charge in [0.1, 0.15) is 11.5 Å². The summed E-state index contributed by atoms with van der Waals surface area (Å²) in [4.78, 5) is 16.9. The van der Waals surface area contributed by atoms with E-state index in [4.69, 9.17) is 0 Å².